The number of aliphatic imine (C=N–C) groups is 1. The normalized spacial score (nSPS) is 16.8. The fourth-order valence-electron chi connectivity index (χ4n) is 3.96. The highest BCUT2D eigenvalue weighted by Gasteiger charge is 2.34. The number of aromatic nitrogens is 2. The highest BCUT2D eigenvalue weighted by molar-refractivity contribution is 5.79. The molecule has 1 fully saturated rings. The summed E-state index contributed by atoms with van der Waals surface area (Å²) in [5, 5.41) is 11.2. The lowest BCUT2D eigenvalue weighted by molar-refractivity contribution is 0.291. The van der Waals surface area contributed by atoms with Gasteiger partial charge in [-0.1, -0.05) is 31.4 Å². The molecule has 6 heteroatoms. The van der Waals surface area contributed by atoms with Gasteiger partial charge in [-0.05, 0) is 36.6 Å². The Balaban J connectivity index is 1.67. The van der Waals surface area contributed by atoms with Gasteiger partial charge in [-0.2, -0.15) is 5.10 Å². The smallest absolute Gasteiger partial charge is 0.191 e. The quantitative estimate of drug-likeness (QED) is 0.607. The van der Waals surface area contributed by atoms with Crippen LogP contribution in [0.25, 0.3) is 0 Å². The molecule has 1 heterocycles. The molecule has 1 aliphatic carbocycles. The first-order valence-electron chi connectivity index (χ1n) is 9.73. The number of hydrogen-bond acceptors (Lipinski definition) is 3. The minimum Gasteiger partial charge on any atom is -0.497 e. The van der Waals surface area contributed by atoms with E-state index in [9.17, 15) is 0 Å². The molecule has 0 amide bonds. The average molecular weight is 370 g/mol. The number of guanidine groups is 1. The summed E-state index contributed by atoms with van der Waals surface area (Å²) in [7, 11) is 5.48. The van der Waals surface area contributed by atoms with Gasteiger partial charge in [0.15, 0.2) is 5.96 Å². The van der Waals surface area contributed by atoms with Gasteiger partial charge < -0.3 is 15.4 Å². The van der Waals surface area contributed by atoms with Crippen LogP contribution in [0.4, 0.5) is 0 Å². The van der Waals surface area contributed by atoms with Gasteiger partial charge in [0.25, 0.3) is 0 Å². The maximum atomic E-state index is 5.33. The summed E-state index contributed by atoms with van der Waals surface area (Å²) in [6.45, 7) is 1.58. The second-order valence-corrected chi connectivity index (χ2v) is 7.29. The number of rotatable bonds is 6. The number of hydrogen-bond donors (Lipinski definition) is 2. The Bertz CT molecular complexity index is 744. The number of nitrogens with zero attached hydrogens (tertiary/aromatic N) is 3. The zero-order valence-electron chi connectivity index (χ0n) is 16.7. The van der Waals surface area contributed by atoms with E-state index in [-0.39, 0.29) is 5.41 Å². The fraction of sp³-hybridized carbons (Fsp3) is 0.524. The Hall–Kier alpha value is -2.50. The van der Waals surface area contributed by atoms with E-state index in [0.29, 0.717) is 6.54 Å². The lowest BCUT2D eigenvalue weighted by atomic mass is 9.69. The molecule has 6 nitrogen and oxygen atoms in total. The number of ether oxygens (including phenoxy) is 1. The molecule has 27 heavy (non-hydrogen) atoms. The molecule has 1 aliphatic rings. The zero-order valence-corrected chi connectivity index (χ0v) is 16.7. The van der Waals surface area contributed by atoms with Crippen molar-refractivity contribution in [2.75, 3.05) is 20.7 Å². The first-order valence-corrected chi connectivity index (χ1v) is 9.73. The molecular formula is C21H31N5O. The van der Waals surface area contributed by atoms with Gasteiger partial charge in [0.1, 0.15) is 5.75 Å². The molecule has 1 aromatic carbocycles. The van der Waals surface area contributed by atoms with Crippen molar-refractivity contribution in [2.24, 2.45) is 12.0 Å². The van der Waals surface area contributed by atoms with Gasteiger partial charge >= 0.3 is 0 Å². The number of benzene rings is 1. The number of nitrogens with one attached hydrogen (secondary N) is 2. The standard InChI is InChI=1S/C21H31N5O/c1-22-20(23-15-18-11-14-25-26(18)2)24-16-21(12-5-4-6-13-21)17-7-9-19(27-3)10-8-17/h7-11,14H,4-6,12-13,15-16H2,1-3H3,(H2,22,23,24). The minimum absolute atomic E-state index is 0.147. The third kappa shape index (κ3) is 4.62. The molecule has 1 aromatic heterocycles. The van der Waals surface area contributed by atoms with E-state index in [1.54, 1.807) is 7.11 Å². The molecular weight excluding hydrogens is 338 g/mol. The van der Waals surface area contributed by atoms with E-state index >= 15 is 0 Å². The van der Waals surface area contributed by atoms with Crippen molar-refractivity contribution in [2.45, 2.75) is 44.1 Å². The predicted molar refractivity (Wildman–Crippen MR) is 109 cm³/mol. The van der Waals surface area contributed by atoms with E-state index < -0.39 is 0 Å². The summed E-state index contributed by atoms with van der Waals surface area (Å²) in [4.78, 5) is 4.40. The van der Waals surface area contributed by atoms with Crippen molar-refractivity contribution in [1.82, 2.24) is 20.4 Å². The maximum absolute atomic E-state index is 5.33. The molecule has 0 unspecified atom stereocenters. The van der Waals surface area contributed by atoms with E-state index in [4.69, 9.17) is 4.74 Å². The maximum Gasteiger partial charge on any atom is 0.191 e. The van der Waals surface area contributed by atoms with Gasteiger partial charge in [-0.25, -0.2) is 0 Å². The minimum atomic E-state index is 0.147. The van der Waals surface area contributed by atoms with Crippen molar-refractivity contribution >= 4 is 5.96 Å². The second-order valence-electron chi connectivity index (χ2n) is 7.29. The van der Waals surface area contributed by atoms with Crippen LogP contribution in [0, 0.1) is 0 Å². The Morgan fingerprint density at radius 2 is 1.89 bits per heavy atom. The van der Waals surface area contributed by atoms with Crippen LogP contribution >= 0.6 is 0 Å². The third-order valence-electron chi connectivity index (χ3n) is 5.69. The summed E-state index contributed by atoms with van der Waals surface area (Å²) >= 11 is 0. The monoisotopic (exact) mass is 369 g/mol. The molecule has 2 N–H and O–H groups in total. The van der Waals surface area contributed by atoms with Crippen molar-refractivity contribution in [3.8, 4) is 5.75 Å². The summed E-state index contributed by atoms with van der Waals surface area (Å²) in [6, 6.07) is 10.6. The van der Waals surface area contributed by atoms with Crippen molar-refractivity contribution in [1.29, 1.82) is 0 Å². The molecule has 0 atom stereocenters. The zero-order chi connectivity index (χ0) is 19.1. The number of methoxy groups -OCH3 is 1. The molecule has 2 aromatic rings. The fourth-order valence-corrected chi connectivity index (χ4v) is 3.96. The van der Waals surface area contributed by atoms with Gasteiger partial charge in [0.2, 0.25) is 0 Å². The van der Waals surface area contributed by atoms with Crippen LogP contribution in [0.15, 0.2) is 41.5 Å². The van der Waals surface area contributed by atoms with Crippen LogP contribution in [-0.4, -0.2) is 36.4 Å². The molecule has 3 rings (SSSR count). The van der Waals surface area contributed by atoms with Crippen molar-refractivity contribution < 1.29 is 4.74 Å². The molecule has 0 spiro atoms. The third-order valence-corrected chi connectivity index (χ3v) is 5.69. The molecule has 0 radical (unpaired) electrons. The summed E-state index contributed by atoms with van der Waals surface area (Å²) in [5.41, 5.74) is 2.66. The SMILES string of the molecule is CN=C(NCc1ccnn1C)NCC1(c2ccc(OC)cc2)CCCCC1. The van der Waals surface area contributed by atoms with Crippen LogP contribution in [0.2, 0.25) is 0 Å². The molecule has 1 saturated carbocycles. The predicted octanol–water partition coefficient (Wildman–Crippen LogP) is 3.00. The lowest BCUT2D eigenvalue weighted by Gasteiger charge is -2.38. The Labute approximate surface area is 162 Å². The molecule has 146 valence electrons. The van der Waals surface area contributed by atoms with E-state index in [1.807, 2.05) is 31.0 Å². The van der Waals surface area contributed by atoms with Crippen LogP contribution < -0.4 is 15.4 Å². The first kappa shape index (κ1) is 19.3. The van der Waals surface area contributed by atoms with Crippen LogP contribution in [0.5, 0.6) is 5.75 Å². The molecule has 0 bridgehead atoms. The molecule has 0 saturated heterocycles. The van der Waals surface area contributed by atoms with Gasteiger partial charge in [0, 0.05) is 32.3 Å². The topological polar surface area (TPSA) is 63.5 Å². The van der Waals surface area contributed by atoms with Crippen molar-refractivity contribution in [3.05, 3.63) is 47.8 Å². The summed E-state index contributed by atoms with van der Waals surface area (Å²) in [5.74, 6) is 1.74. The Kier molecular flexibility index (Phi) is 6.37. The van der Waals surface area contributed by atoms with Crippen LogP contribution in [0.1, 0.15) is 43.4 Å². The van der Waals surface area contributed by atoms with Gasteiger partial charge in [-0.3, -0.25) is 9.67 Å². The molecule has 0 aliphatic heterocycles. The van der Waals surface area contributed by atoms with Crippen LogP contribution in [-0.2, 0) is 19.0 Å². The van der Waals surface area contributed by atoms with Crippen molar-refractivity contribution in [3.63, 3.8) is 0 Å². The van der Waals surface area contributed by atoms with Gasteiger partial charge in [-0.15, -0.1) is 0 Å². The highest BCUT2D eigenvalue weighted by atomic mass is 16.5. The Morgan fingerprint density at radius 3 is 2.48 bits per heavy atom. The van der Waals surface area contributed by atoms with E-state index in [0.717, 1.165) is 23.9 Å². The number of aryl methyl sites for hydroxylation is 1. The largest absolute Gasteiger partial charge is 0.497 e. The summed E-state index contributed by atoms with van der Waals surface area (Å²) in [6.07, 6.45) is 8.08. The average Bonchev–Trinajstić information content (AvgIpc) is 3.13. The van der Waals surface area contributed by atoms with E-state index in [1.165, 1.54) is 37.7 Å². The first-order chi connectivity index (χ1) is 13.2. The van der Waals surface area contributed by atoms with E-state index in [2.05, 4.69) is 45.0 Å². The van der Waals surface area contributed by atoms with Crippen LogP contribution in [0.3, 0.4) is 0 Å². The second kappa shape index (κ2) is 8.93. The summed E-state index contributed by atoms with van der Waals surface area (Å²) < 4.78 is 7.21. The Morgan fingerprint density at radius 1 is 1.15 bits per heavy atom. The highest BCUT2D eigenvalue weighted by Crippen LogP contribution is 2.39. The van der Waals surface area contributed by atoms with Gasteiger partial charge in [0.05, 0.1) is 19.3 Å². The lowest BCUT2D eigenvalue weighted by Crippen LogP contribution is -2.46.